The lowest BCUT2D eigenvalue weighted by molar-refractivity contribution is -0.141. The molecule has 1 saturated heterocycles. The maximum Gasteiger partial charge on any atom is 0.249 e. The number of hydrogen-bond acceptors (Lipinski definition) is 5. The number of hydrogen-bond donors (Lipinski definition) is 0. The summed E-state index contributed by atoms with van der Waals surface area (Å²) in [5, 5.41) is 0.994. The van der Waals surface area contributed by atoms with Crippen molar-refractivity contribution in [2.75, 3.05) is 11.4 Å². The third-order valence-corrected chi connectivity index (χ3v) is 5.87. The number of amides is 3. The molecule has 0 bridgehead atoms. The van der Waals surface area contributed by atoms with E-state index >= 15 is 0 Å². The lowest BCUT2D eigenvalue weighted by atomic mass is 10.2. The van der Waals surface area contributed by atoms with Gasteiger partial charge in [0.05, 0.1) is 16.3 Å². The molecule has 0 radical (unpaired) electrons. The minimum absolute atomic E-state index is 0.154. The Kier molecular flexibility index (Phi) is 5.11. The number of benzene rings is 2. The van der Waals surface area contributed by atoms with E-state index in [1.54, 1.807) is 6.07 Å². The van der Waals surface area contributed by atoms with Gasteiger partial charge in [-0.05, 0) is 17.7 Å². The molecule has 3 aromatic rings. The minimum atomic E-state index is -0.359. The fourth-order valence-corrected chi connectivity index (χ4v) is 4.35. The molecule has 0 spiro atoms. The van der Waals surface area contributed by atoms with E-state index in [0.717, 1.165) is 15.2 Å². The predicted molar refractivity (Wildman–Crippen MR) is 108 cm³/mol. The Hall–Kier alpha value is -2.77. The quantitative estimate of drug-likeness (QED) is 0.599. The van der Waals surface area contributed by atoms with Crippen LogP contribution in [0.25, 0.3) is 10.2 Å². The zero-order valence-corrected chi connectivity index (χ0v) is 16.4. The third kappa shape index (κ3) is 3.63. The van der Waals surface area contributed by atoms with Crippen molar-refractivity contribution in [3.05, 3.63) is 59.1 Å². The van der Waals surface area contributed by atoms with Gasteiger partial charge in [0.1, 0.15) is 12.1 Å². The van der Waals surface area contributed by atoms with Gasteiger partial charge in [-0.1, -0.05) is 59.3 Å². The van der Waals surface area contributed by atoms with E-state index in [2.05, 4.69) is 4.98 Å². The fraction of sp³-hybridized carbons (Fsp3) is 0.200. The van der Waals surface area contributed by atoms with Crippen LogP contribution in [0.4, 0.5) is 5.13 Å². The molecule has 0 aliphatic carbocycles. The second-order valence-corrected chi connectivity index (χ2v) is 7.84. The van der Waals surface area contributed by atoms with Crippen molar-refractivity contribution in [1.29, 1.82) is 0 Å². The number of imide groups is 1. The largest absolute Gasteiger partial charge is 0.282 e. The van der Waals surface area contributed by atoms with Gasteiger partial charge in [-0.25, -0.2) is 4.98 Å². The van der Waals surface area contributed by atoms with Crippen LogP contribution in [0.3, 0.4) is 0 Å². The highest BCUT2D eigenvalue weighted by atomic mass is 35.5. The average Bonchev–Trinajstić information content (AvgIpc) is 3.26. The summed E-state index contributed by atoms with van der Waals surface area (Å²) in [5.41, 5.74) is 1.55. The molecule has 0 N–H and O–H groups in total. The maximum atomic E-state index is 13.1. The summed E-state index contributed by atoms with van der Waals surface area (Å²) in [6, 6.07) is 15.0. The Balaban J connectivity index is 1.68. The van der Waals surface area contributed by atoms with Gasteiger partial charge in [-0.3, -0.25) is 24.2 Å². The number of rotatable bonds is 5. The molecular formula is C20H16ClN3O3S. The Morgan fingerprint density at radius 1 is 1.07 bits per heavy atom. The second kappa shape index (κ2) is 7.69. The molecule has 142 valence electrons. The zero-order valence-electron chi connectivity index (χ0n) is 14.8. The number of aromatic nitrogens is 1. The number of carbonyl (C=O) groups excluding carboxylic acids is 3. The van der Waals surface area contributed by atoms with Gasteiger partial charge in [0.25, 0.3) is 0 Å². The van der Waals surface area contributed by atoms with Crippen LogP contribution in [0.5, 0.6) is 0 Å². The topological polar surface area (TPSA) is 70.6 Å². The van der Waals surface area contributed by atoms with E-state index in [1.165, 1.54) is 16.2 Å². The number of halogens is 1. The van der Waals surface area contributed by atoms with Gasteiger partial charge in [0.15, 0.2) is 5.13 Å². The summed E-state index contributed by atoms with van der Waals surface area (Å²) in [6.45, 7) is 0.00148. The SMILES string of the molecule is O=C1CCC(=O)N1CC(=O)N(Cc1ccccc1)c1nc2c(Cl)cccc2s1. The van der Waals surface area contributed by atoms with E-state index in [9.17, 15) is 14.4 Å². The zero-order chi connectivity index (χ0) is 19.7. The molecule has 2 aromatic carbocycles. The summed E-state index contributed by atoms with van der Waals surface area (Å²) >= 11 is 7.58. The Morgan fingerprint density at radius 2 is 1.79 bits per heavy atom. The molecule has 1 aliphatic rings. The molecule has 8 heteroatoms. The van der Waals surface area contributed by atoms with Crippen LogP contribution < -0.4 is 4.90 Å². The van der Waals surface area contributed by atoms with Crippen molar-refractivity contribution in [2.45, 2.75) is 19.4 Å². The van der Waals surface area contributed by atoms with Crippen LogP contribution in [0.15, 0.2) is 48.5 Å². The third-order valence-electron chi connectivity index (χ3n) is 4.52. The number of thiazole rings is 1. The number of anilines is 1. The highest BCUT2D eigenvalue weighted by Gasteiger charge is 2.32. The summed E-state index contributed by atoms with van der Waals surface area (Å²) in [7, 11) is 0. The summed E-state index contributed by atoms with van der Waals surface area (Å²) in [6.07, 6.45) is 0.309. The van der Waals surface area contributed by atoms with Crippen LogP contribution in [0.1, 0.15) is 18.4 Å². The van der Waals surface area contributed by atoms with E-state index in [0.29, 0.717) is 15.7 Å². The van der Waals surface area contributed by atoms with E-state index < -0.39 is 0 Å². The van der Waals surface area contributed by atoms with Gasteiger partial charge < -0.3 is 0 Å². The molecule has 2 heterocycles. The van der Waals surface area contributed by atoms with Gasteiger partial charge in [0, 0.05) is 12.8 Å². The van der Waals surface area contributed by atoms with Crippen molar-refractivity contribution in [3.8, 4) is 0 Å². The predicted octanol–water partition coefficient (Wildman–Crippen LogP) is 3.63. The molecule has 1 fully saturated rings. The lowest BCUT2D eigenvalue weighted by Gasteiger charge is -2.22. The highest BCUT2D eigenvalue weighted by Crippen LogP contribution is 2.33. The number of carbonyl (C=O) groups is 3. The Labute approximate surface area is 170 Å². The molecule has 3 amide bonds. The van der Waals surface area contributed by atoms with Crippen molar-refractivity contribution in [3.63, 3.8) is 0 Å². The minimum Gasteiger partial charge on any atom is -0.282 e. The van der Waals surface area contributed by atoms with Crippen LogP contribution in [0, 0.1) is 0 Å². The van der Waals surface area contributed by atoms with Crippen LogP contribution in [0.2, 0.25) is 5.02 Å². The van der Waals surface area contributed by atoms with E-state index in [-0.39, 0.29) is 43.7 Å². The molecule has 28 heavy (non-hydrogen) atoms. The van der Waals surface area contributed by atoms with Gasteiger partial charge in [-0.2, -0.15) is 0 Å². The first-order chi connectivity index (χ1) is 13.5. The monoisotopic (exact) mass is 413 g/mol. The van der Waals surface area contributed by atoms with Gasteiger partial charge in [0.2, 0.25) is 17.7 Å². The van der Waals surface area contributed by atoms with Gasteiger partial charge >= 0.3 is 0 Å². The average molecular weight is 414 g/mol. The molecule has 4 rings (SSSR count). The number of likely N-dealkylation sites (tertiary alicyclic amines) is 1. The van der Waals surface area contributed by atoms with Crippen LogP contribution in [-0.2, 0) is 20.9 Å². The summed E-state index contributed by atoms with van der Waals surface area (Å²) in [5.74, 6) is -0.988. The number of nitrogens with zero attached hydrogens (tertiary/aromatic N) is 3. The molecule has 0 saturated carbocycles. The van der Waals surface area contributed by atoms with Crippen LogP contribution >= 0.6 is 22.9 Å². The fourth-order valence-electron chi connectivity index (χ4n) is 3.07. The maximum absolute atomic E-state index is 13.1. The van der Waals surface area contributed by atoms with Gasteiger partial charge in [-0.15, -0.1) is 0 Å². The van der Waals surface area contributed by atoms with Crippen molar-refractivity contribution < 1.29 is 14.4 Å². The van der Waals surface area contributed by atoms with Crippen molar-refractivity contribution in [1.82, 2.24) is 9.88 Å². The second-order valence-electron chi connectivity index (χ2n) is 6.42. The lowest BCUT2D eigenvalue weighted by Crippen LogP contribution is -2.42. The standard InChI is InChI=1S/C20H16ClN3O3S/c21-14-7-4-8-15-19(14)22-20(28-15)24(11-13-5-2-1-3-6-13)18(27)12-23-16(25)9-10-17(23)26/h1-8H,9-12H2. The van der Waals surface area contributed by atoms with E-state index in [1.807, 2.05) is 42.5 Å². The summed E-state index contributed by atoms with van der Waals surface area (Å²) < 4.78 is 0.863. The number of fused-ring (bicyclic) bond motifs is 1. The van der Waals surface area contributed by atoms with E-state index in [4.69, 9.17) is 11.6 Å². The first kappa shape index (κ1) is 18.6. The molecule has 0 atom stereocenters. The Bertz CT molecular complexity index is 1050. The first-order valence-corrected chi connectivity index (χ1v) is 9.95. The molecular weight excluding hydrogens is 398 g/mol. The van der Waals surface area contributed by atoms with Crippen molar-refractivity contribution in [2.24, 2.45) is 0 Å². The first-order valence-electron chi connectivity index (χ1n) is 8.75. The molecule has 1 aromatic heterocycles. The summed E-state index contributed by atoms with van der Waals surface area (Å²) in [4.78, 5) is 44.0. The van der Waals surface area contributed by atoms with Crippen molar-refractivity contribution >= 4 is 56.0 Å². The molecule has 6 nitrogen and oxygen atoms in total. The molecule has 1 aliphatic heterocycles. The highest BCUT2D eigenvalue weighted by molar-refractivity contribution is 7.22. The molecule has 0 unspecified atom stereocenters. The normalized spacial score (nSPS) is 14.1. The van der Waals surface area contributed by atoms with Crippen LogP contribution in [-0.4, -0.2) is 34.2 Å². The number of para-hydroxylation sites is 1. The Morgan fingerprint density at radius 3 is 2.46 bits per heavy atom. The smallest absolute Gasteiger partial charge is 0.249 e.